The van der Waals surface area contributed by atoms with Gasteiger partial charge in [-0.2, -0.15) is 0 Å². The van der Waals surface area contributed by atoms with Gasteiger partial charge in [0.15, 0.2) is 0 Å². The van der Waals surface area contributed by atoms with Crippen LogP contribution in [0, 0.1) is 0 Å². The van der Waals surface area contributed by atoms with E-state index < -0.39 is 0 Å². The molecule has 0 unspecified atom stereocenters. The topological polar surface area (TPSA) is 38.3 Å². The van der Waals surface area contributed by atoms with E-state index in [1.54, 1.807) is 0 Å². The average Bonchev–Trinajstić information content (AvgIpc) is 2.20. The van der Waals surface area contributed by atoms with Gasteiger partial charge >= 0.3 is 0 Å². The van der Waals surface area contributed by atoms with E-state index in [0.717, 1.165) is 38.0 Å². The lowest BCUT2D eigenvalue weighted by Gasteiger charge is -2.13. The molecule has 0 atom stereocenters. The maximum atomic E-state index is 11.4. The van der Waals surface area contributed by atoms with Crippen LogP contribution >= 0.6 is 0 Å². The normalized spacial score (nSPS) is 16.2. The molecule has 0 aromatic heterocycles. The van der Waals surface area contributed by atoms with Crippen molar-refractivity contribution in [1.29, 1.82) is 0 Å². The first-order chi connectivity index (χ1) is 6.83. The number of amides is 1. The maximum Gasteiger partial charge on any atom is 0.224 e. The number of rotatable bonds is 5. The van der Waals surface area contributed by atoms with Crippen LogP contribution in [0.4, 0.5) is 0 Å². The van der Waals surface area contributed by atoms with E-state index in [1.165, 1.54) is 0 Å². The third-order valence-corrected chi connectivity index (χ3v) is 2.22. The molecule has 14 heavy (non-hydrogen) atoms. The smallest absolute Gasteiger partial charge is 0.224 e. The van der Waals surface area contributed by atoms with Crippen LogP contribution in [-0.2, 0) is 9.53 Å². The molecule has 0 radical (unpaired) electrons. The lowest BCUT2D eigenvalue weighted by Crippen LogP contribution is -2.25. The Balaban J connectivity index is 2.15. The van der Waals surface area contributed by atoms with Gasteiger partial charge in [0, 0.05) is 13.0 Å². The van der Waals surface area contributed by atoms with Crippen LogP contribution in [0.3, 0.4) is 0 Å². The Hall–Kier alpha value is -0.830. The number of carbonyl (C=O) groups excluding carboxylic acids is 1. The number of nitrogens with one attached hydrogen (secondary N) is 1. The molecule has 0 saturated heterocycles. The Kier molecular flexibility index (Phi) is 5.30. The molecule has 1 N–H and O–H groups in total. The number of carbonyl (C=O) groups is 1. The summed E-state index contributed by atoms with van der Waals surface area (Å²) in [7, 11) is 0. The zero-order valence-electron chi connectivity index (χ0n) is 8.84. The molecule has 0 bridgehead atoms. The Morgan fingerprint density at radius 1 is 1.64 bits per heavy atom. The van der Waals surface area contributed by atoms with Gasteiger partial charge in [-0.3, -0.25) is 4.79 Å². The second kappa shape index (κ2) is 6.60. The fraction of sp³-hybridized carbons (Fsp3) is 0.727. The molecule has 0 fully saturated rings. The Morgan fingerprint density at radius 2 is 2.50 bits per heavy atom. The summed E-state index contributed by atoms with van der Waals surface area (Å²) in [5, 5.41) is 2.90. The van der Waals surface area contributed by atoms with Gasteiger partial charge < -0.3 is 10.1 Å². The lowest BCUT2D eigenvalue weighted by molar-refractivity contribution is -0.120. The Morgan fingerprint density at radius 3 is 3.14 bits per heavy atom. The lowest BCUT2D eigenvalue weighted by atomic mass is 10.1. The maximum absolute atomic E-state index is 11.4. The van der Waals surface area contributed by atoms with Gasteiger partial charge in [0.05, 0.1) is 13.2 Å². The summed E-state index contributed by atoms with van der Waals surface area (Å²) in [6.07, 6.45) is 5.73. The average molecular weight is 197 g/mol. The highest BCUT2D eigenvalue weighted by Crippen LogP contribution is 2.09. The van der Waals surface area contributed by atoms with E-state index in [9.17, 15) is 4.79 Å². The van der Waals surface area contributed by atoms with Crippen molar-refractivity contribution in [3.63, 3.8) is 0 Å². The van der Waals surface area contributed by atoms with E-state index in [4.69, 9.17) is 4.74 Å². The van der Waals surface area contributed by atoms with Crippen molar-refractivity contribution in [2.75, 3.05) is 19.8 Å². The molecule has 3 nitrogen and oxygen atoms in total. The van der Waals surface area contributed by atoms with Crippen LogP contribution in [0.5, 0.6) is 0 Å². The molecule has 1 heterocycles. The Labute approximate surface area is 85.5 Å². The summed E-state index contributed by atoms with van der Waals surface area (Å²) in [5.41, 5.74) is 1.12. The highest BCUT2D eigenvalue weighted by molar-refractivity contribution is 5.78. The highest BCUT2D eigenvalue weighted by atomic mass is 16.5. The van der Waals surface area contributed by atoms with E-state index in [1.807, 2.05) is 0 Å². The number of hydrogen-bond donors (Lipinski definition) is 1. The standard InChI is InChI=1S/C11H19NO2/c1-2-3-6-12-11(13)8-10-5-4-7-14-9-10/h5H,2-4,6-9H2,1H3,(H,12,13). The van der Waals surface area contributed by atoms with Crippen LogP contribution in [0.25, 0.3) is 0 Å². The molecular weight excluding hydrogens is 178 g/mol. The molecule has 0 aromatic rings. The van der Waals surface area contributed by atoms with E-state index >= 15 is 0 Å². The Bertz CT molecular complexity index is 211. The molecule has 0 aliphatic carbocycles. The highest BCUT2D eigenvalue weighted by Gasteiger charge is 2.08. The molecule has 0 aromatic carbocycles. The van der Waals surface area contributed by atoms with Crippen molar-refractivity contribution >= 4 is 5.91 Å². The number of hydrogen-bond acceptors (Lipinski definition) is 2. The van der Waals surface area contributed by atoms with Gasteiger partial charge in [0.2, 0.25) is 5.91 Å². The molecule has 0 spiro atoms. The van der Waals surface area contributed by atoms with E-state index in [-0.39, 0.29) is 5.91 Å². The van der Waals surface area contributed by atoms with Gasteiger partial charge in [0.25, 0.3) is 0 Å². The SMILES string of the molecule is CCCCNC(=O)CC1=CCCOC1. The zero-order chi connectivity index (χ0) is 10.2. The minimum atomic E-state index is 0.121. The van der Waals surface area contributed by atoms with Gasteiger partial charge in [-0.25, -0.2) is 0 Å². The van der Waals surface area contributed by atoms with Crippen LogP contribution in [0.15, 0.2) is 11.6 Å². The summed E-state index contributed by atoms with van der Waals surface area (Å²) in [6.45, 7) is 4.33. The quantitative estimate of drug-likeness (QED) is 0.537. The van der Waals surface area contributed by atoms with Gasteiger partial charge in [-0.1, -0.05) is 19.4 Å². The van der Waals surface area contributed by atoms with Crippen molar-refractivity contribution in [3.05, 3.63) is 11.6 Å². The third kappa shape index (κ3) is 4.42. The first-order valence-corrected chi connectivity index (χ1v) is 5.35. The second-order valence-corrected chi connectivity index (χ2v) is 3.58. The minimum absolute atomic E-state index is 0.121. The molecular formula is C11H19NO2. The summed E-state index contributed by atoms with van der Waals surface area (Å²) < 4.78 is 5.26. The first-order valence-electron chi connectivity index (χ1n) is 5.35. The predicted molar refractivity (Wildman–Crippen MR) is 56.1 cm³/mol. The first kappa shape index (κ1) is 11.2. The van der Waals surface area contributed by atoms with Gasteiger partial charge in [0.1, 0.15) is 0 Å². The zero-order valence-corrected chi connectivity index (χ0v) is 8.84. The fourth-order valence-electron chi connectivity index (χ4n) is 1.41. The molecule has 1 rings (SSSR count). The van der Waals surface area contributed by atoms with Gasteiger partial charge in [-0.15, -0.1) is 0 Å². The van der Waals surface area contributed by atoms with Crippen LogP contribution < -0.4 is 5.32 Å². The third-order valence-electron chi connectivity index (χ3n) is 2.22. The number of ether oxygens (including phenoxy) is 1. The monoisotopic (exact) mass is 197 g/mol. The van der Waals surface area contributed by atoms with Crippen LogP contribution in [0.2, 0.25) is 0 Å². The molecule has 3 heteroatoms. The number of unbranched alkanes of at least 4 members (excludes halogenated alkanes) is 1. The summed E-state index contributed by atoms with van der Waals surface area (Å²) >= 11 is 0. The van der Waals surface area contributed by atoms with Crippen molar-refractivity contribution < 1.29 is 9.53 Å². The molecule has 1 amide bonds. The molecule has 1 aliphatic heterocycles. The van der Waals surface area contributed by atoms with Crippen molar-refractivity contribution in [3.8, 4) is 0 Å². The van der Waals surface area contributed by atoms with E-state index in [2.05, 4.69) is 18.3 Å². The van der Waals surface area contributed by atoms with E-state index in [0.29, 0.717) is 13.0 Å². The molecule has 1 aliphatic rings. The van der Waals surface area contributed by atoms with Gasteiger partial charge in [-0.05, 0) is 18.4 Å². The minimum Gasteiger partial charge on any atom is -0.377 e. The summed E-state index contributed by atoms with van der Waals surface area (Å²) in [4.78, 5) is 11.4. The van der Waals surface area contributed by atoms with Crippen molar-refractivity contribution in [2.24, 2.45) is 0 Å². The largest absolute Gasteiger partial charge is 0.377 e. The van der Waals surface area contributed by atoms with Crippen molar-refractivity contribution in [1.82, 2.24) is 5.32 Å². The summed E-state index contributed by atoms with van der Waals surface area (Å²) in [5.74, 6) is 0.121. The van der Waals surface area contributed by atoms with Crippen LogP contribution in [0.1, 0.15) is 32.6 Å². The predicted octanol–water partition coefficient (Wildman–Crippen LogP) is 1.64. The van der Waals surface area contributed by atoms with Crippen LogP contribution in [-0.4, -0.2) is 25.7 Å². The molecule has 0 saturated carbocycles. The summed E-state index contributed by atoms with van der Waals surface area (Å²) in [6, 6.07) is 0. The second-order valence-electron chi connectivity index (χ2n) is 3.58. The molecule has 80 valence electrons. The fourth-order valence-corrected chi connectivity index (χ4v) is 1.41. The van der Waals surface area contributed by atoms with Crippen molar-refractivity contribution in [2.45, 2.75) is 32.6 Å².